The third kappa shape index (κ3) is 3.89. The number of hydrazine groups is 1. The Balaban J connectivity index is 2.30. The average molecular weight is 292 g/mol. The van der Waals surface area contributed by atoms with Crippen LogP contribution in [0, 0.1) is 5.92 Å². The van der Waals surface area contributed by atoms with Gasteiger partial charge in [-0.25, -0.2) is 0 Å². The molecule has 0 saturated heterocycles. The van der Waals surface area contributed by atoms with E-state index in [1.165, 1.54) is 44.9 Å². The minimum atomic E-state index is 0.0780. The second-order valence-electron chi connectivity index (χ2n) is 5.83. The summed E-state index contributed by atoms with van der Waals surface area (Å²) in [6.07, 6.45) is 8.99. The smallest absolute Gasteiger partial charge is 0.127 e. The fraction of sp³-hybridized carbons (Fsp3) is 0.647. The van der Waals surface area contributed by atoms with E-state index in [4.69, 9.17) is 15.3 Å². The fourth-order valence-corrected chi connectivity index (χ4v) is 3.46. The second-order valence-corrected chi connectivity index (χ2v) is 5.83. The maximum absolute atomic E-state index is 5.91. The van der Waals surface area contributed by atoms with Crippen LogP contribution in [0.25, 0.3) is 0 Å². The molecule has 21 heavy (non-hydrogen) atoms. The van der Waals surface area contributed by atoms with E-state index in [9.17, 15) is 0 Å². The molecular weight excluding hydrogens is 264 g/mol. The maximum Gasteiger partial charge on any atom is 0.127 e. The molecule has 0 spiro atoms. The van der Waals surface area contributed by atoms with E-state index in [0.717, 1.165) is 17.1 Å². The number of rotatable bonds is 5. The zero-order chi connectivity index (χ0) is 15.1. The van der Waals surface area contributed by atoms with Crippen molar-refractivity contribution in [2.24, 2.45) is 11.8 Å². The summed E-state index contributed by atoms with van der Waals surface area (Å²) in [7, 11) is 3.40. The number of hydrogen-bond donors (Lipinski definition) is 2. The van der Waals surface area contributed by atoms with Crippen molar-refractivity contribution in [3.05, 3.63) is 23.8 Å². The van der Waals surface area contributed by atoms with Gasteiger partial charge in [0.15, 0.2) is 0 Å². The van der Waals surface area contributed by atoms with E-state index in [-0.39, 0.29) is 6.04 Å². The first-order valence-electron chi connectivity index (χ1n) is 7.98. The number of nitrogens with two attached hydrogens (primary N) is 1. The van der Waals surface area contributed by atoms with Crippen LogP contribution in [0.2, 0.25) is 0 Å². The zero-order valence-electron chi connectivity index (χ0n) is 13.2. The highest BCUT2D eigenvalue weighted by Gasteiger charge is 2.28. The summed E-state index contributed by atoms with van der Waals surface area (Å²) in [6.45, 7) is 0. The number of ether oxygens (including phenoxy) is 2. The van der Waals surface area contributed by atoms with Gasteiger partial charge in [0.2, 0.25) is 0 Å². The molecule has 1 unspecified atom stereocenters. The minimum absolute atomic E-state index is 0.0780. The van der Waals surface area contributed by atoms with Gasteiger partial charge in [-0.2, -0.15) is 0 Å². The van der Waals surface area contributed by atoms with Crippen LogP contribution in [0.4, 0.5) is 0 Å². The lowest BCUT2D eigenvalue weighted by molar-refractivity contribution is 0.275. The van der Waals surface area contributed by atoms with Gasteiger partial charge < -0.3 is 9.47 Å². The number of methoxy groups -OCH3 is 2. The molecule has 0 radical (unpaired) electrons. The van der Waals surface area contributed by atoms with Crippen LogP contribution in [0.5, 0.6) is 11.5 Å². The minimum Gasteiger partial charge on any atom is -0.496 e. The molecule has 1 fully saturated rings. The van der Waals surface area contributed by atoms with Gasteiger partial charge in [-0.05, 0) is 30.9 Å². The number of benzene rings is 1. The van der Waals surface area contributed by atoms with Gasteiger partial charge in [0.05, 0.1) is 25.8 Å². The third-order valence-electron chi connectivity index (χ3n) is 4.58. The standard InChI is InChI=1S/C17H28N2O2/c1-20-14-11-8-12-15(21-2)16(14)17(19-18)13-9-6-4-3-5-7-10-13/h8,11-13,17,19H,3-7,9-10,18H2,1-2H3. The van der Waals surface area contributed by atoms with Crippen LogP contribution in [-0.4, -0.2) is 14.2 Å². The van der Waals surface area contributed by atoms with Crippen LogP contribution in [0.15, 0.2) is 18.2 Å². The summed E-state index contributed by atoms with van der Waals surface area (Å²) in [4.78, 5) is 0. The van der Waals surface area contributed by atoms with E-state index in [1.54, 1.807) is 14.2 Å². The molecule has 118 valence electrons. The highest BCUT2D eigenvalue weighted by atomic mass is 16.5. The van der Waals surface area contributed by atoms with E-state index in [2.05, 4.69) is 5.43 Å². The summed E-state index contributed by atoms with van der Waals surface area (Å²) in [5.74, 6) is 8.13. The van der Waals surface area contributed by atoms with Crippen LogP contribution in [-0.2, 0) is 0 Å². The molecule has 1 aliphatic rings. The Morgan fingerprint density at radius 1 is 1.00 bits per heavy atom. The quantitative estimate of drug-likeness (QED) is 0.643. The van der Waals surface area contributed by atoms with Crippen molar-refractivity contribution in [2.45, 2.75) is 51.0 Å². The molecule has 1 atom stereocenters. The predicted molar refractivity (Wildman–Crippen MR) is 85.4 cm³/mol. The van der Waals surface area contributed by atoms with Crippen molar-refractivity contribution in [3.8, 4) is 11.5 Å². The van der Waals surface area contributed by atoms with Crippen molar-refractivity contribution >= 4 is 0 Å². The topological polar surface area (TPSA) is 56.5 Å². The summed E-state index contributed by atoms with van der Waals surface area (Å²) in [5.41, 5.74) is 4.08. The van der Waals surface area contributed by atoms with Crippen LogP contribution in [0.3, 0.4) is 0 Å². The molecule has 3 N–H and O–H groups in total. The summed E-state index contributed by atoms with van der Waals surface area (Å²) >= 11 is 0. The van der Waals surface area contributed by atoms with Gasteiger partial charge in [-0.15, -0.1) is 0 Å². The molecule has 0 aromatic heterocycles. The average Bonchev–Trinajstić information content (AvgIpc) is 2.49. The van der Waals surface area contributed by atoms with Crippen molar-refractivity contribution in [2.75, 3.05) is 14.2 Å². The van der Waals surface area contributed by atoms with Gasteiger partial charge in [0.25, 0.3) is 0 Å². The molecule has 4 heteroatoms. The SMILES string of the molecule is COc1cccc(OC)c1C(NN)C1CCCCCCC1. The van der Waals surface area contributed by atoms with Crippen molar-refractivity contribution < 1.29 is 9.47 Å². The van der Waals surface area contributed by atoms with Crippen LogP contribution < -0.4 is 20.7 Å². The molecule has 1 aromatic carbocycles. The van der Waals surface area contributed by atoms with Crippen molar-refractivity contribution in [3.63, 3.8) is 0 Å². The lowest BCUT2D eigenvalue weighted by atomic mass is 9.82. The third-order valence-corrected chi connectivity index (χ3v) is 4.58. The Morgan fingerprint density at radius 2 is 1.52 bits per heavy atom. The number of nitrogens with one attached hydrogen (secondary N) is 1. The fourth-order valence-electron chi connectivity index (χ4n) is 3.46. The Labute approximate surface area is 128 Å². The van der Waals surface area contributed by atoms with Gasteiger partial charge in [0, 0.05) is 0 Å². The maximum atomic E-state index is 5.91. The lowest BCUT2D eigenvalue weighted by Gasteiger charge is -2.30. The van der Waals surface area contributed by atoms with Gasteiger partial charge in [-0.3, -0.25) is 11.3 Å². The molecule has 0 aliphatic heterocycles. The van der Waals surface area contributed by atoms with Crippen LogP contribution in [0.1, 0.15) is 56.6 Å². The Bertz CT molecular complexity index is 407. The Kier molecular flexibility index (Phi) is 6.33. The molecule has 1 aromatic rings. The van der Waals surface area contributed by atoms with Crippen LogP contribution >= 0.6 is 0 Å². The first kappa shape index (κ1) is 16.1. The van der Waals surface area contributed by atoms with E-state index in [1.807, 2.05) is 18.2 Å². The molecule has 0 bridgehead atoms. The zero-order valence-corrected chi connectivity index (χ0v) is 13.2. The first-order valence-corrected chi connectivity index (χ1v) is 7.98. The molecular formula is C17H28N2O2. The molecule has 4 nitrogen and oxygen atoms in total. The number of hydrogen-bond acceptors (Lipinski definition) is 4. The molecule has 0 heterocycles. The molecule has 1 saturated carbocycles. The highest BCUT2D eigenvalue weighted by molar-refractivity contribution is 5.47. The Morgan fingerprint density at radius 3 is 2.00 bits per heavy atom. The Hall–Kier alpha value is -1.26. The molecule has 2 rings (SSSR count). The summed E-state index contributed by atoms with van der Waals surface area (Å²) in [5, 5.41) is 0. The van der Waals surface area contributed by atoms with E-state index in [0.29, 0.717) is 5.92 Å². The normalized spacial score (nSPS) is 18.6. The monoisotopic (exact) mass is 292 g/mol. The summed E-state index contributed by atoms with van der Waals surface area (Å²) < 4.78 is 11.1. The largest absolute Gasteiger partial charge is 0.496 e. The van der Waals surface area contributed by atoms with Gasteiger partial charge in [0.1, 0.15) is 11.5 Å². The molecule has 1 aliphatic carbocycles. The first-order chi connectivity index (χ1) is 10.3. The lowest BCUT2D eigenvalue weighted by Crippen LogP contribution is -2.34. The summed E-state index contributed by atoms with van der Waals surface area (Å²) in [6, 6.07) is 5.98. The van der Waals surface area contributed by atoms with E-state index >= 15 is 0 Å². The van der Waals surface area contributed by atoms with Gasteiger partial charge in [-0.1, -0.05) is 38.2 Å². The highest BCUT2D eigenvalue weighted by Crippen LogP contribution is 2.41. The second kappa shape index (κ2) is 8.25. The van der Waals surface area contributed by atoms with Crippen molar-refractivity contribution in [1.29, 1.82) is 0 Å². The van der Waals surface area contributed by atoms with Crippen molar-refractivity contribution in [1.82, 2.24) is 5.43 Å². The van der Waals surface area contributed by atoms with E-state index < -0.39 is 0 Å². The van der Waals surface area contributed by atoms with Gasteiger partial charge >= 0.3 is 0 Å². The predicted octanol–water partition coefficient (Wildman–Crippen LogP) is 3.57. The molecule has 0 amide bonds.